The van der Waals surface area contributed by atoms with Gasteiger partial charge in [0.2, 0.25) is 0 Å². The van der Waals surface area contributed by atoms with Crippen LogP contribution in [0.15, 0.2) is 18.3 Å². The first-order valence-electron chi connectivity index (χ1n) is 4.31. The number of hydrogen-bond acceptors (Lipinski definition) is 4. The first-order chi connectivity index (χ1) is 6.95. The summed E-state index contributed by atoms with van der Waals surface area (Å²) in [7, 11) is -0.599. The molecule has 1 rings (SSSR count). The smallest absolute Gasteiger partial charge is 0.302 e. The van der Waals surface area contributed by atoms with Gasteiger partial charge in [-0.2, -0.15) is 12.7 Å². The summed E-state index contributed by atoms with van der Waals surface area (Å²) in [4.78, 5) is 3.92. The quantitative estimate of drug-likeness (QED) is 0.747. The Morgan fingerprint density at radius 1 is 1.47 bits per heavy atom. The Morgan fingerprint density at radius 3 is 2.53 bits per heavy atom. The van der Waals surface area contributed by atoms with Gasteiger partial charge in [-0.3, -0.25) is 4.72 Å². The summed E-state index contributed by atoms with van der Waals surface area (Å²) in [5, 5.41) is 0. The molecule has 0 aliphatic rings. The zero-order valence-corrected chi connectivity index (χ0v) is 9.45. The van der Waals surface area contributed by atoms with Crippen molar-refractivity contribution in [1.82, 2.24) is 9.29 Å². The van der Waals surface area contributed by atoms with E-state index >= 15 is 0 Å². The van der Waals surface area contributed by atoms with Crippen LogP contribution in [0, 0.1) is 0 Å². The molecule has 0 saturated heterocycles. The largest absolute Gasteiger partial charge is 0.326 e. The first-order valence-corrected chi connectivity index (χ1v) is 5.75. The number of nitrogens with zero attached hydrogens (tertiary/aromatic N) is 2. The van der Waals surface area contributed by atoms with Crippen molar-refractivity contribution in [3.8, 4) is 0 Å². The van der Waals surface area contributed by atoms with Crippen molar-refractivity contribution in [1.29, 1.82) is 0 Å². The van der Waals surface area contributed by atoms with E-state index in [1.165, 1.54) is 20.3 Å². The Morgan fingerprint density at radius 2 is 2.13 bits per heavy atom. The maximum Gasteiger partial charge on any atom is 0.302 e. The highest BCUT2D eigenvalue weighted by Crippen LogP contribution is 2.07. The number of rotatable bonds is 4. The second-order valence-corrected chi connectivity index (χ2v) is 5.03. The summed E-state index contributed by atoms with van der Waals surface area (Å²) < 4.78 is 26.2. The zero-order valence-electron chi connectivity index (χ0n) is 8.64. The molecule has 0 radical (unpaired) electrons. The van der Waals surface area contributed by atoms with Gasteiger partial charge >= 0.3 is 10.2 Å². The summed E-state index contributed by atoms with van der Waals surface area (Å²) in [5.41, 5.74) is 6.24. The Labute approximate surface area is 89.3 Å². The van der Waals surface area contributed by atoms with Crippen molar-refractivity contribution in [2.24, 2.45) is 5.73 Å². The maximum atomic E-state index is 11.4. The van der Waals surface area contributed by atoms with E-state index < -0.39 is 10.2 Å². The third-order valence-corrected chi connectivity index (χ3v) is 3.20. The average molecular weight is 230 g/mol. The molecule has 0 saturated carbocycles. The van der Waals surface area contributed by atoms with Crippen LogP contribution in [-0.2, 0) is 16.8 Å². The standard InChI is InChI=1S/C8H14N4O2S/c1-12(2)15(13,14)11-8-4-3-7(5-9)6-10-8/h3-4,6H,5,9H2,1-2H3,(H,10,11). The van der Waals surface area contributed by atoms with Crippen molar-refractivity contribution in [2.75, 3.05) is 18.8 Å². The minimum atomic E-state index is -3.48. The predicted octanol–water partition coefficient (Wildman–Crippen LogP) is -0.241. The Bertz CT molecular complexity index is 413. The molecule has 3 N–H and O–H groups in total. The fourth-order valence-corrected chi connectivity index (χ4v) is 1.40. The van der Waals surface area contributed by atoms with Gasteiger partial charge in [-0.25, -0.2) is 4.98 Å². The lowest BCUT2D eigenvalue weighted by Crippen LogP contribution is -2.29. The summed E-state index contributed by atoms with van der Waals surface area (Å²) in [6.45, 7) is 0.383. The van der Waals surface area contributed by atoms with Crippen LogP contribution in [0.4, 0.5) is 5.82 Å². The van der Waals surface area contributed by atoms with Crippen molar-refractivity contribution >= 4 is 16.0 Å². The molecule has 0 aromatic carbocycles. The van der Waals surface area contributed by atoms with Crippen LogP contribution in [0.25, 0.3) is 0 Å². The molecule has 1 aromatic rings. The monoisotopic (exact) mass is 230 g/mol. The van der Waals surface area contributed by atoms with Crippen molar-refractivity contribution in [2.45, 2.75) is 6.54 Å². The van der Waals surface area contributed by atoms with Crippen molar-refractivity contribution in [3.05, 3.63) is 23.9 Å². The molecule has 15 heavy (non-hydrogen) atoms. The molecular formula is C8H14N4O2S. The SMILES string of the molecule is CN(C)S(=O)(=O)Nc1ccc(CN)cn1. The van der Waals surface area contributed by atoms with Gasteiger partial charge < -0.3 is 5.73 Å². The summed E-state index contributed by atoms with van der Waals surface area (Å²) in [5.74, 6) is 0.279. The van der Waals surface area contributed by atoms with Crippen molar-refractivity contribution in [3.63, 3.8) is 0 Å². The fourth-order valence-electron chi connectivity index (χ4n) is 0.829. The van der Waals surface area contributed by atoms with E-state index in [0.29, 0.717) is 6.54 Å². The topological polar surface area (TPSA) is 88.3 Å². The van der Waals surface area contributed by atoms with Gasteiger partial charge in [-0.05, 0) is 11.6 Å². The van der Waals surface area contributed by atoms with E-state index in [-0.39, 0.29) is 5.82 Å². The zero-order chi connectivity index (χ0) is 11.5. The first kappa shape index (κ1) is 11.9. The van der Waals surface area contributed by atoms with Gasteiger partial charge in [0.25, 0.3) is 0 Å². The van der Waals surface area contributed by atoms with E-state index in [2.05, 4.69) is 9.71 Å². The van der Waals surface area contributed by atoms with Gasteiger partial charge in [0, 0.05) is 26.8 Å². The molecule has 84 valence electrons. The van der Waals surface area contributed by atoms with Crippen LogP contribution in [0.3, 0.4) is 0 Å². The lowest BCUT2D eigenvalue weighted by Gasteiger charge is -2.12. The van der Waals surface area contributed by atoms with Crippen molar-refractivity contribution < 1.29 is 8.42 Å². The van der Waals surface area contributed by atoms with Crippen LogP contribution >= 0.6 is 0 Å². The molecule has 0 spiro atoms. The summed E-state index contributed by atoms with van der Waals surface area (Å²) >= 11 is 0. The lowest BCUT2D eigenvalue weighted by molar-refractivity contribution is 0.526. The highest BCUT2D eigenvalue weighted by molar-refractivity contribution is 7.90. The summed E-state index contributed by atoms with van der Waals surface area (Å²) in [6.07, 6.45) is 1.54. The molecule has 0 unspecified atom stereocenters. The maximum absolute atomic E-state index is 11.4. The molecule has 1 heterocycles. The van der Waals surface area contributed by atoms with Crippen LogP contribution in [0.2, 0.25) is 0 Å². The number of hydrogen-bond donors (Lipinski definition) is 2. The Hall–Kier alpha value is -1.18. The minimum Gasteiger partial charge on any atom is -0.326 e. The molecule has 0 bridgehead atoms. The molecule has 0 aliphatic carbocycles. The van der Waals surface area contributed by atoms with Crippen LogP contribution in [0.1, 0.15) is 5.56 Å². The normalized spacial score (nSPS) is 11.7. The van der Waals surface area contributed by atoms with E-state index in [1.54, 1.807) is 12.1 Å². The Kier molecular flexibility index (Phi) is 3.61. The minimum absolute atomic E-state index is 0.279. The second kappa shape index (κ2) is 4.56. The van der Waals surface area contributed by atoms with Gasteiger partial charge in [-0.15, -0.1) is 0 Å². The fraction of sp³-hybridized carbons (Fsp3) is 0.375. The van der Waals surface area contributed by atoms with Crippen LogP contribution in [0.5, 0.6) is 0 Å². The van der Waals surface area contributed by atoms with Gasteiger partial charge in [0.1, 0.15) is 5.82 Å². The van der Waals surface area contributed by atoms with Gasteiger partial charge in [0.15, 0.2) is 0 Å². The number of anilines is 1. The van der Waals surface area contributed by atoms with E-state index in [1.807, 2.05) is 0 Å². The van der Waals surface area contributed by atoms with Crippen LogP contribution < -0.4 is 10.5 Å². The molecule has 7 heteroatoms. The number of nitrogens with two attached hydrogens (primary N) is 1. The molecule has 0 aliphatic heterocycles. The predicted molar refractivity (Wildman–Crippen MR) is 58.4 cm³/mol. The molecule has 0 amide bonds. The second-order valence-electron chi connectivity index (χ2n) is 3.15. The Balaban J connectivity index is 2.82. The molecule has 0 atom stereocenters. The molecule has 0 fully saturated rings. The van der Waals surface area contributed by atoms with E-state index in [0.717, 1.165) is 9.87 Å². The number of aromatic nitrogens is 1. The third-order valence-electron chi connectivity index (χ3n) is 1.77. The van der Waals surface area contributed by atoms with Gasteiger partial charge in [-0.1, -0.05) is 6.07 Å². The number of pyridine rings is 1. The van der Waals surface area contributed by atoms with Crippen LogP contribution in [-0.4, -0.2) is 31.8 Å². The lowest BCUT2D eigenvalue weighted by atomic mass is 10.3. The molecule has 6 nitrogen and oxygen atoms in total. The third kappa shape index (κ3) is 3.15. The average Bonchev–Trinajstić information content (AvgIpc) is 2.18. The highest BCUT2D eigenvalue weighted by atomic mass is 32.2. The summed E-state index contributed by atoms with van der Waals surface area (Å²) in [6, 6.07) is 3.30. The van der Waals surface area contributed by atoms with Gasteiger partial charge in [0.05, 0.1) is 0 Å². The molecular weight excluding hydrogens is 216 g/mol. The highest BCUT2D eigenvalue weighted by Gasteiger charge is 2.13. The number of nitrogens with one attached hydrogen (secondary N) is 1. The van der Waals surface area contributed by atoms with E-state index in [9.17, 15) is 8.42 Å². The molecule has 1 aromatic heterocycles. The van der Waals surface area contributed by atoms with E-state index in [4.69, 9.17) is 5.73 Å².